The van der Waals surface area contributed by atoms with Crippen molar-refractivity contribution >= 4 is 5.69 Å². The van der Waals surface area contributed by atoms with Crippen molar-refractivity contribution in [1.29, 1.82) is 0 Å². The molecule has 0 bridgehead atoms. The van der Waals surface area contributed by atoms with Crippen molar-refractivity contribution in [3.05, 3.63) is 29.8 Å². The average molecular weight is 247 g/mol. The molecule has 2 heterocycles. The van der Waals surface area contributed by atoms with E-state index in [-0.39, 0.29) is 0 Å². The number of anilines is 1. The first kappa shape index (κ1) is 12.7. The fourth-order valence-corrected chi connectivity index (χ4v) is 1.86. The number of hydrogen-bond acceptors (Lipinski definition) is 3. The van der Waals surface area contributed by atoms with Crippen LogP contribution in [0.4, 0.5) is 5.69 Å². The van der Waals surface area contributed by atoms with E-state index in [2.05, 4.69) is 35.4 Å². The number of rotatable bonds is 5. The maximum absolute atomic E-state index is 4.56. The zero-order valence-electron chi connectivity index (χ0n) is 11.5. The maximum Gasteiger partial charge on any atom is 0.0825 e. The summed E-state index contributed by atoms with van der Waals surface area (Å²) >= 11 is 0. The van der Waals surface area contributed by atoms with E-state index in [4.69, 9.17) is 0 Å². The zero-order valence-corrected chi connectivity index (χ0v) is 11.5. The van der Waals surface area contributed by atoms with Gasteiger partial charge in [0.2, 0.25) is 0 Å². The molecule has 2 rings (SSSR count). The molecule has 18 heavy (non-hydrogen) atoms. The Morgan fingerprint density at radius 3 is 2.78 bits per heavy atom. The van der Waals surface area contributed by atoms with Crippen LogP contribution in [0.1, 0.15) is 37.7 Å². The summed E-state index contributed by atoms with van der Waals surface area (Å²) in [7, 11) is 1.93. The van der Waals surface area contributed by atoms with Crippen LogP contribution < -0.4 is 5.32 Å². The van der Waals surface area contributed by atoms with E-state index in [0.29, 0.717) is 6.04 Å². The third-order valence-electron chi connectivity index (χ3n) is 3.18. The van der Waals surface area contributed by atoms with Gasteiger partial charge in [0.05, 0.1) is 23.6 Å². The highest BCUT2D eigenvalue weighted by Crippen LogP contribution is 2.13. The van der Waals surface area contributed by atoms with Gasteiger partial charge in [-0.3, -0.25) is 9.36 Å². The smallest absolute Gasteiger partial charge is 0.0825 e. The lowest BCUT2D eigenvalue weighted by atomic mass is 10.3. The van der Waals surface area contributed by atoms with Crippen LogP contribution in [-0.2, 0) is 13.6 Å². The lowest BCUT2D eigenvalue weighted by molar-refractivity contribution is 0.474. The predicted octanol–water partition coefficient (Wildman–Crippen LogP) is 2.51. The average Bonchev–Trinajstić information content (AvgIpc) is 2.92. The Morgan fingerprint density at radius 2 is 2.17 bits per heavy atom. The molecule has 0 aliphatic carbocycles. The summed E-state index contributed by atoms with van der Waals surface area (Å²) < 4.78 is 3.84. The Balaban J connectivity index is 1.98. The first-order chi connectivity index (χ1) is 8.60. The zero-order chi connectivity index (χ0) is 13.1. The van der Waals surface area contributed by atoms with Gasteiger partial charge >= 0.3 is 0 Å². The van der Waals surface area contributed by atoms with Gasteiger partial charge in [0, 0.05) is 25.5 Å². The molecule has 0 saturated carbocycles. The van der Waals surface area contributed by atoms with Crippen LogP contribution in [0.15, 0.2) is 18.5 Å². The minimum absolute atomic E-state index is 0.457. The van der Waals surface area contributed by atoms with Gasteiger partial charge in [-0.1, -0.05) is 6.92 Å². The number of aryl methyl sites for hydroxylation is 2. The molecule has 0 aromatic carbocycles. The predicted molar refractivity (Wildman–Crippen MR) is 72.5 cm³/mol. The molecule has 0 radical (unpaired) electrons. The van der Waals surface area contributed by atoms with Gasteiger partial charge in [0.1, 0.15) is 0 Å². The van der Waals surface area contributed by atoms with E-state index >= 15 is 0 Å². The highest BCUT2D eigenvalue weighted by Gasteiger charge is 2.06. The SMILES string of the molecule is CCC(C)n1ccc(CNc2cn(C)nc2C)n1. The molecule has 1 N–H and O–H groups in total. The van der Waals surface area contributed by atoms with E-state index in [1.807, 2.05) is 35.7 Å². The highest BCUT2D eigenvalue weighted by molar-refractivity contribution is 5.45. The van der Waals surface area contributed by atoms with Crippen LogP contribution >= 0.6 is 0 Å². The van der Waals surface area contributed by atoms with Gasteiger partial charge in [0.25, 0.3) is 0 Å². The quantitative estimate of drug-likeness (QED) is 0.883. The van der Waals surface area contributed by atoms with Crippen LogP contribution in [0.5, 0.6) is 0 Å². The molecule has 0 saturated heterocycles. The van der Waals surface area contributed by atoms with Crippen LogP contribution in [0.3, 0.4) is 0 Å². The van der Waals surface area contributed by atoms with Crippen molar-refractivity contribution in [2.75, 3.05) is 5.32 Å². The van der Waals surface area contributed by atoms with E-state index in [1.165, 1.54) is 0 Å². The second kappa shape index (κ2) is 5.25. The Bertz CT molecular complexity index is 511. The van der Waals surface area contributed by atoms with E-state index in [0.717, 1.165) is 30.0 Å². The second-order valence-corrected chi connectivity index (χ2v) is 4.70. The molecule has 1 unspecified atom stereocenters. The monoisotopic (exact) mass is 247 g/mol. The van der Waals surface area contributed by atoms with Gasteiger partial charge < -0.3 is 5.32 Å². The second-order valence-electron chi connectivity index (χ2n) is 4.70. The minimum Gasteiger partial charge on any atom is -0.377 e. The van der Waals surface area contributed by atoms with Crippen molar-refractivity contribution in [1.82, 2.24) is 19.6 Å². The molecule has 2 aromatic rings. The Hall–Kier alpha value is -1.78. The molecule has 2 aromatic heterocycles. The lowest BCUT2D eigenvalue weighted by Gasteiger charge is -2.08. The lowest BCUT2D eigenvalue weighted by Crippen LogP contribution is -2.06. The molecule has 0 aliphatic heterocycles. The molecule has 0 spiro atoms. The Morgan fingerprint density at radius 1 is 1.39 bits per heavy atom. The standard InChI is InChI=1S/C13H21N5/c1-5-10(2)18-7-6-12(16-18)8-14-13-9-17(4)15-11(13)3/h6-7,9-10,14H,5,8H2,1-4H3. The molecule has 5 heteroatoms. The summed E-state index contributed by atoms with van der Waals surface area (Å²) in [6, 6.07) is 2.52. The summed E-state index contributed by atoms with van der Waals surface area (Å²) in [5, 5.41) is 12.2. The molecule has 98 valence electrons. The molecular formula is C13H21N5. The molecule has 5 nitrogen and oxygen atoms in total. The third kappa shape index (κ3) is 2.72. The fourth-order valence-electron chi connectivity index (χ4n) is 1.86. The van der Waals surface area contributed by atoms with Crippen molar-refractivity contribution < 1.29 is 0 Å². The summed E-state index contributed by atoms with van der Waals surface area (Å²) in [5.74, 6) is 0. The largest absolute Gasteiger partial charge is 0.377 e. The number of hydrogen-bond donors (Lipinski definition) is 1. The Labute approximate surface area is 108 Å². The summed E-state index contributed by atoms with van der Waals surface area (Å²) in [6.07, 6.45) is 5.12. The molecule has 0 aliphatic rings. The van der Waals surface area contributed by atoms with Crippen molar-refractivity contribution in [2.24, 2.45) is 7.05 Å². The molecule has 1 atom stereocenters. The maximum atomic E-state index is 4.56. The third-order valence-corrected chi connectivity index (χ3v) is 3.18. The summed E-state index contributed by atoms with van der Waals surface area (Å²) in [6.45, 7) is 7.08. The van der Waals surface area contributed by atoms with Gasteiger partial charge in [0.15, 0.2) is 0 Å². The fraction of sp³-hybridized carbons (Fsp3) is 0.538. The van der Waals surface area contributed by atoms with E-state index in [1.54, 1.807) is 0 Å². The normalized spacial score (nSPS) is 12.7. The first-order valence-corrected chi connectivity index (χ1v) is 6.38. The van der Waals surface area contributed by atoms with Gasteiger partial charge in [-0.2, -0.15) is 10.2 Å². The molecule has 0 fully saturated rings. The van der Waals surface area contributed by atoms with Crippen LogP contribution in [-0.4, -0.2) is 19.6 Å². The van der Waals surface area contributed by atoms with Crippen LogP contribution in [0.2, 0.25) is 0 Å². The van der Waals surface area contributed by atoms with E-state index in [9.17, 15) is 0 Å². The first-order valence-electron chi connectivity index (χ1n) is 6.38. The van der Waals surface area contributed by atoms with Gasteiger partial charge in [-0.15, -0.1) is 0 Å². The number of nitrogens with one attached hydrogen (secondary N) is 1. The number of nitrogens with zero attached hydrogens (tertiary/aromatic N) is 4. The van der Waals surface area contributed by atoms with Crippen molar-refractivity contribution in [2.45, 2.75) is 39.8 Å². The summed E-state index contributed by atoms with van der Waals surface area (Å²) in [4.78, 5) is 0. The minimum atomic E-state index is 0.457. The highest BCUT2D eigenvalue weighted by atomic mass is 15.3. The van der Waals surface area contributed by atoms with Gasteiger partial charge in [-0.25, -0.2) is 0 Å². The van der Waals surface area contributed by atoms with Crippen LogP contribution in [0.25, 0.3) is 0 Å². The van der Waals surface area contributed by atoms with Crippen molar-refractivity contribution in [3.8, 4) is 0 Å². The molecule has 0 amide bonds. The topological polar surface area (TPSA) is 47.7 Å². The summed E-state index contributed by atoms with van der Waals surface area (Å²) in [5.41, 5.74) is 3.13. The Kier molecular flexibility index (Phi) is 3.69. The molecular weight excluding hydrogens is 226 g/mol. The van der Waals surface area contributed by atoms with Gasteiger partial charge in [-0.05, 0) is 26.3 Å². The van der Waals surface area contributed by atoms with Crippen LogP contribution in [0, 0.1) is 6.92 Å². The number of aromatic nitrogens is 4. The van der Waals surface area contributed by atoms with E-state index < -0.39 is 0 Å². The van der Waals surface area contributed by atoms with Crippen molar-refractivity contribution in [3.63, 3.8) is 0 Å².